The van der Waals surface area contributed by atoms with E-state index < -0.39 is 0 Å². The van der Waals surface area contributed by atoms with E-state index in [2.05, 4.69) is 58.1 Å². The van der Waals surface area contributed by atoms with Crippen LogP contribution in [0, 0.1) is 11.8 Å². The van der Waals surface area contributed by atoms with Crippen molar-refractivity contribution in [3.63, 3.8) is 0 Å². The van der Waals surface area contributed by atoms with E-state index in [9.17, 15) is 0 Å². The molecule has 0 heterocycles. The minimum atomic E-state index is 0.179. The molecule has 0 saturated carbocycles. The summed E-state index contributed by atoms with van der Waals surface area (Å²) in [6, 6.07) is 8.49. The standard InChI is InChI=1S/C19H33NO/c1-7-9-15(2)17(14-20-19(3,4)5)12-16-10-8-11-18(13-16)21-6/h8,10-11,13,15,17,20H,7,9,12,14H2,1-6H3. The van der Waals surface area contributed by atoms with Gasteiger partial charge >= 0.3 is 0 Å². The third kappa shape index (κ3) is 6.99. The maximum Gasteiger partial charge on any atom is 0.119 e. The Kier molecular flexibility index (Phi) is 7.24. The van der Waals surface area contributed by atoms with E-state index >= 15 is 0 Å². The lowest BCUT2D eigenvalue weighted by atomic mass is 9.84. The summed E-state index contributed by atoms with van der Waals surface area (Å²) < 4.78 is 5.34. The first kappa shape index (κ1) is 18.0. The van der Waals surface area contributed by atoms with Crippen LogP contribution in [0.3, 0.4) is 0 Å². The molecule has 0 aromatic heterocycles. The molecule has 1 rings (SSSR count). The summed E-state index contributed by atoms with van der Waals surface area (Å²) in [5.74, 6) is 2.35. The second-order valence-electron chi connectivity index (χ2n) is 7.21. The zero-order chi connectivity index (χ0) is 15.9. The van der Waals surface area contributed by atoms with Crippen LogP contribution < -0.4 is 10.1 Å². The molecule has 0 bridgehead atoms. The van der Waals surface area contributed by atoms with Crippen molar-refractivity contribution in [2.75, 3.05) is 13.7 Å². The van der Waals surface area contributed by atoms with Crippen molar-refractivity contribution in [2.45, 2.75) is 59.4 Å². The van der Waals surface area contributed by atoms with Crippen molar-refractivity contribution < 1.29 is 4.74 Å². The molecule has 2 unspecified atom stereocenters. The fourth-order valence-corrected chi connectivity index (χ4v) is 2.71. The van der Waals surface area contributed by atoms with Gasteiger partial charge in [0.25, 0.3) is 0 Å². The van der Waals surface area contributed by atoms with E-state index in [-0.39, 0.29) is 5.54 Å². The van der Waals surface area contributed by atoms with Gasteiger partial charge in [-0.2, -0.15) is 0 Å². The average molecular weight is 291 g/mol. The molecule has 0 amide bonds. The summed E-state index contributed by atoms with van der Waals surface area (Å²) in [6.45, 7) is 12.4. The van der Waals surface area contributed by atoms with Crippen LogP contribution >= 0.6 is 0 Å². The Bertz CT molecular complexity index is 408. The molecule has 0 radical (unpaired) electrons. The van der Waals surface area contributed by atoms with E-state index in [0.717, 1.165) is 24.6 Å². The van der Waals surface area contributed by atoms with Gasteiger partial charge in [0.2, 0.25) is 0 Å². The summed E-state index contributed by atoms with van der Waals surface area (Å²) in [4.78, 5) is 0. The smallest absolute Gasteiger partial charge is 0.119 e. The summed E-state index contributed by atoms with van der Waals surface area (Å²) in [5, 5.41) is 3.68. The van der Waals surface area contributed by atoms with Gasteiger partial charge in [0.15, 0.2) is 0 Å². The van der Waals surface area contributed by atoms with Gasteiger partial charge in [0.05, 0.1) is 7.11 Å². The van der Waals surface area contributed by atoms with Crippen LogP contribution in [0.5, 0.6) is 5.75 Å². The molecule has 2 atom stereocenters. The summed E-state index contributed by atoms with van der Waals surface area (Å²) in [6.07, 6.45) is 3.66. The molecule has 0 aliphatic heterocycles. The Labute approximate surface area is 131 Å². The van der Waals surface area contributed by atoms with Crippen LogP contribution in [0.2, 0.25) is 0 Å². The number of hydrogen-bond donors (Lipinski definition) is 1. The largest absolute Gasteiger partial charge is 0.497 e. The third-order valence-electron chi connectivity index (χ3n) is 4.08. The zero-order valence-corrected chi connectivity index (χ0v) is 14.7. The molecule has 120 valence electrons. The topological polar surface area (TPSA) is 21.3 Å². The van der Waals surface area contributed by atoms with Crippen LogP contribution in [0.4, 0.5) is 0 Å². The van der Waals surface area contributed by atoms with Gasteiger partial charge in [-0.05, 0) is 63.3 Å². The second-order valence-corrected chi connectivity index (χ2v) is 7.21. The van der Waals surface area contributed by atoms with Crippen LogP contribution in [0.1, 0.15) is 53.0 Å². The predicted octanol–water partition coefficient (Wildman–Crippen LogP) is 4.68. The van der Waals surface area contributed by atoms with Gasteiger partial charge in [-0.15, -0.1) is 0 Å². The number of hydrogen-bond acceptors (Lipinski definition) is 2. The van der Waals surface area contributed by atoms with E-state index in [1.807, 2.05) is 6.07 Å². The van der Waals surface area contributed by atoms with Crippen LogP contribution in [0.15, 0.2) is 24.3 Å². The molecule has 2 heteroatoms. The third-order valence-corrected chi connectivity index (χ3v) is 4.08. The average Bonchev–Trinajstić information content (AvgIpc) is 2.43. The minimum Gasteiger partial charge on any atom is -0.497 e. The van der Waals surface area contributed by atoms with E-state index in [1.165, 1.54) is 18.4 Å². The molecule has 0 fully saturated rings. The van der Waals surface area contributed by atoms with Gasteiger partial charge in [-0.1, -0.05) is 38.8 Å². The zero-order valence-electron chi connectivity index (χ0n) is 14.7. The van der Waals surface area contributed by atoms with Crippen molar-refractivity contribution in [1.29, 1.82) is 0 Å². The van der Waals surface area contributed by atoms with Crippen molar-refractivity contribution in [3.05, 3.63) is 29.8 Å². The van der Waals surface area contributed by atoms with Gasteiger partial charge in [-0.3, -0.25) is 0 Å². The molecular weight excluding hydrogens is 258 g/mol. The van der Waals surface area contributed by atoms with Crippen LogP contribution in [-0.4, -0.2) is 19.2 Å². The van der Waals surface area contributed by atoms with Gasteiger partial charge < -0.3 is 10.1 Å². The highest BCUT2D eigenvalue weighted by Crippen LogP contribution is 2.24. The van der Waals surface area contributed by atoms with Crippen molar-refractivity contribution in [2.24, 2.45) is 11.8 Å². The molecule has 2 nitrogen and oxygen atoms in total. The fraction of sp³-hybridized carbons (Fsp3) is 0.684. The summed E-state index contributed by atoms with van der Waals surface area (Å²) in [7, 11) is 1.73. The lowest BCUT2D eigenvalue weighted by Gasteiger charge is -2.29. The molecule has 1 aromatic carbocycles. The Balaban J connectivity index is 2.75. The van der Waals surface area contributed by atoms with E-state index in [1.54, 1.807) is 7.11 Å². The number of rotatable bonds is 8. The monoisotopic (exact) mass is 291 g/mol. The molecule has 0 spiro atoms. The normalized spacial score (nSPS) is 14.8. The highest BCUT2D eigenvalue weighted by Gasteiger charge is 2.20. The van der Waals surface area contributed by atoms with E-state index in [0.29, 0.717) is 5.92 Å². The maximum absolute atomic E-state index is 5.34. The Morgan fingerprint density at radius 1 is 1.24 bits per heavy atom. The number of nitrogens with one attached hydrogen (secondary N) is 1. The number of methoxy groups -OCH3 is 1. The SMILES string of the molecule is CCCC(C)C(CNC(C)(C)C)Cc1cccc(OC)c1. The lowest BCUT2D eigenvalue weighted by Crippen LogP contribution is -2.41. The van der Waals surface area contributed by atoms with E-state index in [4.69, 9.17) is 4.74 Å². The number of benzene rings is 1. The molecule has 0 aliphatic carbocycles. The highest BCUT2D eigenvalue weighted by atomic mass is 16.5. The molecule has 0 aliphatic rings. The molecule has 1 N–H and O–H groups in total. The Morgan fingerprint density at radius 2 is 1.95 bits per heavy atom. The Morgan fingerprint density at radius 3 is 2.52 bits per heavy atom. The molecule has 1 aromatic rings. The highest BCUT2D eigenvalue weighted by molar-refractivity contribution is 5.28. The van der Waals surface area contributed by atoms with Crippen LogP contribution in [-0.2, 0) is 6.42 Å². The van der Waals surface area contributed by atoms with Gasteiger partial charge in [0.1, 0.15) is 5.75 Å². The lowest BCUT2D eigenvalue weighted by molar-refractivity contribution is 0.285. The molecule has 0 saturated heterocycles. The Hall–Kier alpha value is -1.02. The predicted molar refractivity (Wildman–Crippen MR) is 92.0 cm³/mol. The first-order valence-corrected chi connectivity index (χ1v) is 8.23. The molecule has 21 heavy (non-hydrogen) atoms. The maximum atomic E-state index is 5.34. The van der Waals surface area contributed by atoms with Crippen molar-refractivity contribution >= 4 is 0 Å². The van der Waals surface area contributed by atoms with Crippen molar-refractivity contribution in [1.82, 2.24) is 5.32 Å². The first-order chi connectivity index (χ1) is 9.85. The second kappa shape index (κ2) is 8.43. The van der Waals surface area contributed by atoms with Gasteiger partial charge in [0, 0.05) is 5.54 Å². The minimum absolute atomic E-state index is 0.179. The number of ether oxygens (including phenoxy) is 1. The quantitative estimate of drug-likeness (QED) is 0.751. The van der Waals surface area contributed by atoms with Gasteiger partial charge in [-0.25, -0.2) is 0 Å². The van der Waals surface area contributed by atoms with Crippen molar-refractivity contribution in [3.8, 4) is 5.75 Å². The summed E-state index contributed by atoms with van der Waals surface area (Å²) in [5.41, 5.74) is 1.55. The van der Waals surface area contributed by atoms with Crippen LogP contribution in [0.25, 0.3) is 0 Å². The fourth-order valence-electron chi connectivity index (χ4n) is 2.71. The summed E-state index contributed by atoms with van der Waals surface area (Å²) >= 11 is 0. The first-order valence-electron chi connectivity index (χ1n) is 8.23. The molecular formula is C19H33NO.